The van der Waals surface area contributed by atoms with E-state index in [1.165, 1.54) is 4.57 Å². The van der Waals surface area contributed by atoms with E-state index >= 15 is 0 Å². The first-order valence-electron chi connectivity index (χ1n) is 9.59. The molecule has 1 atom stereocenters. The summed E-state index contributed by atoms with van der Waals surface area (Å²) in [5.74, 6) is 1.67. The Labute approximate surface area is 160 Å². The van der Waals surface area contributed by atoms with Crippen LogP contribution in [0.3, 0.4) is 0 Å². The summed E-state index contributed by atoms with van der Waals surface area (Å²) in [5, 5.41) is 4.10. The minimum Gasteiger partial charge on any atom is -0.338 e. The zero-order valence-corrected chi connectivity index (χ0v) is 15.7. The van der Waals surface area contributed by atoms with Gasteiger partial charge in [0.2, 0.25) is 11.8 Å². The predicted molar refractivity (Wildman–Crippen MR) is 101 cm³/mol. The maximum absolute atomic E-state index is 12.9. The normalized spacial score (nSPS) is 20.8. The van der Waals surface area contributed by atoms with Crippen molar-refractivity contribution in [1.29, 1.82) is 0 Å². The smallest absolute Gasteiger partial charge is 0.326 e. The minimum atomic E-state index is -0.272. The molecule has 0 radical (unpaired) electrons. The lowest BCUT2D eigenvalue weighted by molar-refractivity contribution is -0.134. The third-order valence-electron chi connectivity index (χ3n) is 5.66. The molecule has 1 aromatic carbocycles. The Kier molecular flexibility index (Phi) is 4.04. The first-order valence-corrected chi connectivity index (χ1v) is 9.59. The van der Waals surface area contributed by atoms with E-state index in [-0.39, 0.29) is 24.2 Å². The number of para-hydroxylation sites is 2. The summed E-state index contributed by atoms with van der Waals surface area (Å²) in [6, 6.07) is 7.25. The fourth-order valence-corrected chi connectivity index (χ4v) is 3.76. The molecule has 1 saturated heterocycles. The van der Waals surface area contributed by atoms with Gasteiger partial charge in [0.25, 0.3) is 0 Å². The molecule has 146 valence electrons. The molecule has 1 saturated carbocycles. The number of nitrogens with one attached hydrogen (secondary N) is 1. The summed E-state index contributed by atoms with van der Waals surface area (Å²) in [4.78, 5) is 36.5. The SMILES string of the molecule is CN1CCN(C(=O)Cn2c(=O)[nH]c3ccccc32)CC1c1nc(C2CC2)no1. The van der Waals surface area contributed by atoms with Crippen LogP contribution in [0.5, 0.6) is 0 Å². The fraction of sp³-hybridized carbons (Fsp3) is 0.474. The number of likely N-dealkylation sites (N-methyl/N-ethyl adjacent to an activating group) is 1. The minimum absolute atomic E-state index is 0.0104. The summed E-state index contributed by atoms with van der Waals surface area (Å²) < 4.78 is 6.97. The van der Waals surface area contributed by atoms with Crippen LogP contribution in [0.1, 0.15) is 36.5 Å². The molecule has 2 fully saturated rings. The second-order valence-corrected chi connectivity index (χ2v) is 7.63. The van der Waals surface area contributed by atoms with Crippen molar-refractivity contribution in [3.8, 4) is 0 Å². The van der Waals surface area contributed by atoms with Gasteiger partial charge in [0.1, 0.15) is 12.6 Å². The van der Waals surface area contributed by atoms with Crippen LogP contribution in [-0.4, -0.2) is 62.1 Å². The lowest BCUT2D eigenvalue weighted by atomic mass is 10.1. The van der Waals surface area contributed by atoms with E-state index in [1.807, 2.05) is 31.3 Å². The van der Waals surface area contributed by atoms with Crippen molar-refractivity contribution in [2.45, 2.75) is 31.3 Å². The van der Waals surface area contributed by atoms with Crippen LogP contribution in [0, 0.1) is 0 Å². The topological polar surface area (TPSA) is 100 Å². The first kappa shape index (κ1) is 17.2. The van der Waals surface area contributed by atoms with Crippen LogP contribution >= 0.6 is 0 Å². The number of benzene rings is 1. The van der Waals surface area contributed by atoms with E-state index in [9.17, 15) is 9.59 Å². The quantitative estimate of drug-likeness (QED) is 0.725. The van der Waals surface area contributed by atoms with Crippen LogP contribution < -0.4 is 5.69 Å². The van der Waals surface area contributed by atoms with Gasteiger partial charge in [-0.05, 0) is 32.0 Å². The molecular weight excluding hydrogens is 360 g/mol. The van der Waals surface area contributed by atoms with Crippen LogP contribution in [-0.2, 0) is 11.3 Å². The molecule has 0 bridgehead atoms. The van der Waals surface area contributed by atoms with E-state index in [2.05, 4.69) is 20.0 Å². The van der Waals surface area contributed by atoms with Gasteiger partial charge in [-0.2, -0.15) is 4.98 Å². The lowest BCUT2D eigenvalue weighted by Gasteiger charge is -2.37. The molecule has 0 spiro atoms. The van der Waals surface area contributed by atoms with Crippen LogP contribution in [0.2, 0.25) is 0 Å². The van der Waals surface area contributed by atoms with Crippen molar-refractivity contribution in [3.05, 3.63) is 46.5 Å². The Hall–Kier alpha value is -2.94. The molecule has 9 heteroatoms. The molecule has 1 aliphatic carbocycles. The molecule has 1 unspecified atom stereocenters. The molecule has 2 aliphatic rings. The third-order valence-corrected chi connectivity index (χ3v) is 5.66. The van der Waals surface area contributed by atoms with Gasteiger partial charge < -0.3 is 14.4 Å². The van der Waals surface area contributed by atoms with Gasteiger partial charge in [-0.3, -0.25) is 14.3 Å². The lowest BCUT2D eigenvalue weighted by Crippen LogP contribution is -2.50. The second kappa shape index (κ2) is 6.59. The highest BCUT2D eigenvalue weighted by atomic mass is 16.5. The Morgan fingerprint density at radius 2 is 2.11 bits per heavy atom. The number of hydrogen-bond acceptors (Lipinski definition) is 6. The van der Waals surface area contributed by atoms with Crippen LogP contribution in [0.25, 0.3) is 11.0 Å². The number of aromatic amines is 1. The molecule has 1 aliphatic heterocycles. The molecule has 3 aromatic rings. The van der Waals surface area contributed by atoms with E-state index in [4.69, 9.17) is 4.52 Å². The van der Waals surface area contributed by atoms with Gasteiger partial charge in [0, 0.05) is 25.6 Å². The highest BCUT2D eigenvalue weighted by Crippen LogP contribution is 2.38. The number of aromatic nitrogens is 4. The van der Waals surface area contributed by atoms with Crippen molar-refractivity contribution in [2.24, 2.45) is 0 Å². The number of fused-ring (bicyclic) bond motifs is 1. The maximum Gasteiger partial charge on any atom is 0.326 e. The predicted octanol–water partition coefficient (Wildman–Crippen LogP) is 1.11. The highest BCUT2D eigenvalue weighted by molar-refractivity contribution is 5.80. The Morgan fingerprint density at radius 3 is 2.93 bits per heavy atom. The Morgan fingerprint density at radius 1 is 1.29 bits per heavy atom. The summed E-state index contributed by atoms with van der Waals surface area (Å²) in [6.07, 6.45) is 2.23. The van der Waals surface area contributed by atoms with Gasteiger partial charge in [-0.15, -0.1) is 0 Å². The molecular formula is C19H22N6O3. The standard InChI is InChI=1S/C19H22N6O3/c1-23-8-9-24(10-15(23)18-21-17(22-28-18)12-6-7-12)16(26)11-25-14-5-3-2-4-13(14)20-19(25)27/h2-5,12,15H,6-11H2,1H3,(H,20,27). The van der Waals surface area contributed by atoms with E-state index in [0.29, 0.717) is 31.4 Å². The summed E-state index contributed by atoms with van der Waals surface area (Å²) in [5.41, 5.74) is 1.19. The number of carbonyl (C=O) groups excluding carboxylic acids is 1. The number of hydrogen-bond donors (Lipinski definition) is 1. The van der Waals surface area contributed by atoms with Gasteiger partial charge in [0.05, 0.1) is 11.0 Å². The summed E-state index contributed by atoms with van der Waals surface area (Å²) in [6.45, 7) is 1.79. The maximum atomic E-state index is 12.9. The zero-order chi connectivity index (χ0) is 19.3. The van der Waals surface area contributed by atoms with Crippen molar-refractivity contribution in [1.82, 2.24) is 29.5 Å². The van der Waals surface area contributed by atoms with Gasteiger partial charge in [-0.1, -0.05) is 17.3 Å². The van der Waals surface area contributed by atoms with Crippen molar-refractivity contribution >= 4 is 16.9 Å². The van der Waals surface area contributed by atoms with Crippen molar-refractivity contribution in [2.75, 3.05) is 26.7 Å². The summed E-state index contributed by atoms with van der Waals surface area (Å²) in [7, 11) is 2.00. The van der Waals surface area contributed by atoms with Gasteiger partial charge >= 0.3 is 5.69 Å². The number of nitrogens with zero attached hydrogens (tertiary/aromatic N) is 5. The number of imidazole rings is 1. The second-order valence-electron chi connectivity index (χ2n) is 7.63. The number of piperazine rings is 1. The number of rotatable bonds is 4. The highest BCUT2D eigenvalue weighted by Gasteiger charge is 2.35. The fourth-order valence-electron chi connectivity index (χ4n) is 3.76. The van der Waals surface area contributed by atoms with Crippen LogP contribution in [0.4, 0.5) is 0 Å². The molecule has 2 aromatic heterocycles. The first-order chi connectivity index (χ1) is 13.6. The molecule has 5 rings (SSSR count). The molecule has 3 heterocycles. The number of amides is 1. The number of H-pyrrole nitrogens is 1. The average Bonchev–Trinajstić information content (AvgIpc) is 3.35. The molecule has 9 nitrogen and oxygen atoms in total. The molecule has 1 N–H and O–H groups in total. The third kappa shape index (κ3) is 3.01. The largest absolute Gasteiger partial charge is 0.338 e. The molecule has 1 amide bonds. The van der Waals surface area contributed by atoms with Crippen molar-refractivity contribution < 1.29 is 9.32 Å². The van der Waals surface area contributed by atoms with E-state index in [0.717, 1.165) is 29.7 Å². The van der Waals surface area contributed by atoms with E-state index < -0.39 is 0 Å². The zero-order valence-electron chi connectivity index (χ0n) is 15.7. The Bertz CT molecular complexity index is 1080. The monoisotopic (exact) mass is 382 g/mol. The Balaban J connectivity index is 1.34. The van der Waals surface area contributed by atoms with Gasteiger partial charge in [-0.25, -0.2) is 4.79 Å². The summed E-state index contributed by atoms with van der Waals surface area (Å²) >= 11 is 0. The average molecular weight is 382 g/mol. The van der Waals surface area contributed by atoms with Crippen molar-refractivity contribution in [3.63, 3.8) is 0 Å². The van der Waals surface area contributed by atoms with Crippen LogP contribution in [0.15, 0.2) is 33.6 Å². The van der Waals surface area contributed by atoms with Gasteiger partial charge in [0.15, 0.2) is 5.82 Å². The molecule has 28 heavy (non-hydrogen) atoms. The van der Waals surface area contributed by atoms with E-state index in [1.54, 1.807) is 4.90 Å². The number of carbonyl (C=O) groups is 1.